The first-order chi connectivity index (χ1) is 11.5. The first kappa shape index (κ1) is 15.6. The van der Waals surface area contributed by atoms with Gasteiger partial charge in [0, 0.05) is 24.6 Å². The van der Waals surface area contributed by atoms with Gasteiger partial charge in [0.05, 0.1) is 12.7 Å². The van der Waals surface area contributed by atoms with Crippen molar-refractivity contribution in [1.29, 1.82) is 0 Å². The largest absolute Gasteiger partial charge is 0.444 e. The Bertz CT molecular complexity index is 726. The zero-order valence-electron chi connectivity index (χ0n) is 13.0. The van der Waals surface area contributed by atoms with E-state index in [1.165, 1.54) is 6.20 Å². The number of likely N-dealkylation sites (tertiary alicyclic amines) is 1. The lowest BCUT2D eigenvalue weighted by Gasteiger charge is -2.14. The minimum absolute atomic E-state index is 0.0924. The summed E-state index contributed by atoms with van der Waals surface area (Å²) in [4.78, 5) is 14.2. The van der Waals surface area contributed by atoms with Gasteiger partial charge in [0.2, 0.25) is 5.89 Å². The average Bonchev–Trinajstić information content (AvgIpc) is 3.12. The molecule has 1 atom stereocenters. The van der Waals surface area contributed by atoms with Gasteiger partial charge in [-0.15, -0.1) is 0 Å². The predicted octanol–water partition coefficient (Wildman–Crippen LogP) is 3.35. The molecule has 1 unspecified atom stereocenters. The maximum atomic E-state index is 12.8. The van der Waals surface area contributed by atoms with Crippen LogP contribution in [0.3, 0.4) is 0 Å². The molecule has 1 saturated heterocycles. The van der Waals surface area contributed by atoms with Crippen LogP contribution in [0.15, 0.2) is 22.9 Å². The zero-order valence-corrected chi connectivity index (χ0v) is 13.0. The molecule has 1 aliphatic carbocycles. The molecule has 3 heterocycles. The summed E-state index contributed by atoms with van der Waals surface area (Å²) < 4.78 is 44.1. The van der Waals surface area contributed by atoms with E-state index in [4.69, 9.17) is 4.42 Å². The van der Waals surface area contributed by atoms with Gasteiger partial charge < -0.3 is 4.42 Å². The second-order valence-electron chi connectivity index (χ2n) is 6.45. The Morgan fingerprint density at radius 1 is 1.17 bits per heavy atom. The van der Waals surface area contributed by atoms with Crippen molar-refractivity contribution in [2.45, 2.75) is 43.8 Å². The molecule has 0 amide bonds. The molecule has 2 aliphatic rings. The highest BCUT2D eigenvalue weighted by atomic mass is 19.4. The van der Waals surface area contributed by atoms with Crippen LogP contribution in [0.2, 0.25) is 0 Å². The van der Waals surface area contributed by atoms with Crippen LogP contribution in [-0.4, -0.2) is 32.9 Å². The molecular formula is C16H17F3N4O. The van der Waals surface area contributed by atoms with Crippen molar-refractivity contribution < 1.29 is 17.6 Å². The lowest BCUT2D eigenvalue weighted by atomic mass is 10.1. The summed E-state index contributed by atoms with van der Waals surface area (Å²) in [5.41, 5.74) is -0.882. The van der Waals surface area contributed by atoms with Crippen molar-refractivity contribution in [2.24, 2.45) is 0 Å². The SMILES string of the molecule is FC(F)(F)c1ccnc(C2CCN(Cc3ncc(C4CC4)o3)C2)n1. The van der Waals surface area contributed by atoms with Crippen molar-refractivity contribution in [3.63, 3.8) is 0 Å². The third-order valence-corrected chi connectivity index (χ3v) is 4.51. The molecule has 1 saturated carbocycles. The van der Waals surface area contributed by atoms with E-state index in [2.05, 4.69) is 19.9 Å². The Kier molecular flexibility index (Phi) is 3.79. The predicted molar refractivity (Wildman–Crippen MR) is 78.1 cm³/mol. The first-order valence-corrected chi connectivity index (χ1v) is 8.06. The van der Waals surface area contributed by atoms with Crippen molar-refractivity contribution >= 4 is 0 Å². The fourth-order valence-corrected chi connectivity index (χ4v) is 3.06. The molecule has 8 heteroatoms. The molecule has 5 nitrogen and oxygen atoms in total. The van der Waals surface area contributed by atoms with E-state index < -0.39 is 11.9 Å². The van der Waals surface area contributed by atoms with Gasteiger partial charge >= 0.3 is 6.18 Å². The molecule has 0 radical (unpaired) electrons. The molecule has 0 bridgehead atoms. The topological polar surface area (TPSA) is 55.1 Å². The van der Waals surface area contributed by atoms with E-state index in [0.717, 1.165) is 37.6 Å². The summed E-state index contributed by atoms with van der Waals surface area (Å²) in [5.74, 6) is 2.31. The Labute approximate surface area is 136 Å². The normalized spacial score (nSPS) is 22.2. The van der Waals surface area contributed by atoms with E-state index >= 15 is 0 Å². The fourth-order valence-electron chi connectivity index (χ4n) is 3.06. The van der Waals surface area contributed by atoms with Crippen LogP contribution in [0, 0.1) is 0 Å². The van der Waals surface area contributed by atoms with Gasteiger partial charge in [-0.1, -0.05) is 0 Å². The Hall–Kier alpha value is -1.96. The highest BCUT2D eigenvalue weighted by molar-refractivity contribution is 5.11. The lowest BCUT2D eigenvalue weighted by Crippen LogP contribution is -2.20. The van der Waals surface area contributed by atoms with Crippen LogP contribution in [-0.2, 0) is 12.7 Å². The van der Waals surface area contributed by atoms with Crippen LogP contribution < -0.4 is 0 Å². The Balaban J connectivity index is 1.40. The molecule has 1 aliphatic heterocycles. The number of nitrogens with zero attached hydrogens (tertiary/aromatic N) is 4. The Morgan fingerprint density at radius 3 is 2.75 bits per heavy atom. The van der Waals surface area contributed by atoms with Crippen molar-refractivity contribution in [2.75, 3.05) is 13.1 Å². The first-order valence-electron chi connectivity index (χ1n) is 8.06. The zero-order chi connectivity index (χ0) is 16.7. The minimum Gasteiger partial charge on any atom is -0.444 e. The molecule has 0 aromatic carbocycles. The standard InChI is InChI=1S/C16H17F3N4O/c17-16(18,19)13-3-5-20-15(22-13)11-4-6-23(8-11)9-14-21-7-12(24-14)10-1-2-10/h3,5,7,10-11H,1-2,4,6,8-9H2. The number of rotatable bonds is 4. The summed E-state index contributed by atoms with van der Waals surface area (Å²) in [7, 11) is 0. The van der Waals surface area contributed by atoms with Crippen LogP contribution in [0.4, 0.5) is 13.2 Å². The number of hydrogen-bond donors (Lipinski definition) is 0. The second-order valence-corrected chi connectivity index (χ2v) is 6.45. The van der Waals surface area contributed by atoms with Crippen LogP contribution in [0.25, 0.3) is 0 Å². The maximum Gasteiger partial charge on any atom is 0.433 e. The number of hydrogen-bond acceptors (Lipinski definition) is 5. The van der Waals surface area contributed by atoms with E-state index in [0.29, 0.717) is 24.9 Å². The lowest BCUT2D eigenvalue weighted by molar-refractivity contribution is -0.141. The van der Waals surface area contributed by atoms with Gasteiger partial charge in [0.25, 0.3) is 0 Å². The van der Waals surface area contributed by atoms with Gasteiger partial charge in [-0.25, -0.2) is 15.0 Å². The van der Waals surface area contributed by atoms with Gasteiger partial charge in [0.1, 0.15) is 17.3 Å². The van der Waals surface area contributed by atoms with Crippen LogP contribution in [0.1, 0.15) is 54.3 Å². The van der Waals surface area contributed by atoms with E-state index in [1.807, 2.05) is 0 Å². The van der Waals surface area contributed by atoms with Crippen molar-refractivity contribution in [1.82, 2.24) is 19.9 Å². The van der Waals surface area contributed by atoms with Crippen LogP contribution in [0.5, 0.6) is 0 Å². The summed E-state index contributed by atoms with van der Waals surface area (Å²) >= 11 is 0. The smallest absolute Gasteiger partial charge is 0.433 e. The van der Waals surface area contributed by atoms with Crippen molar-refractivity contribution in [3.05, 3.63) is 41.6 Å². The minimum atomic E-state index is -4.44. The number of alkyl halides is 3. The monoisotopic (exact) mass is 338 g/mol. The third kappa shape index (κ3) is 3.28. The molecule has 128 valence electrons. The van der Waals surface area contributed by atoms with Gasteiger partial charge in [-0.05, 0) is 31.9 Å². The quantitative estimate of drug-likeness (QED) is 0.856. The summed E-state index contributed by atoms with van der Waals surface area (Å²) in [5, 5.41) is 0. The van der Waals surface area contributed by atoms with E-state index in [-0.39, 0.29) is 11.7 Å². The van der Waals surface area contributed by atoms with Gasteiger partial charge in [-0.2, -0.15) is 13.2 Å². The molecule has 0 N–H and O–H groups in total. The average molecular weight is 338 g/mol. The van der Waals surface area contributed by atoms with Gasteiger partial charge in [0.15, 0.2) is 0 Å². The molecule has 2 aromatic rings. The number of halogens is 3. The number of aromatic nitrogens is 3. The van der Waals surface area contributed by atoms with Crippen molar-refractivity contribution in [3.8, 4) is 0 Å². The molecule has 0 spiro atoms. The number of oxazole rings is 1. The molecular weight excluding hydrogens is 321 g/mol. The highest BCUT2D eigenvalue weighted by Gasteiger charge is 2.35. The highest BCUT2D eigenvalue weighted by Crippen LogP contribution is 2.40. The molecule has 2 aromatic heterocycles. The summed E-state index contributed by atoms with van der Waals surface area (Å²) in [6.45, 7) is 1.95. The second kappa shape index (κ2) is 5.84. The summed E-state index contributed by atoms with van der Waals surface area (Å²) in [6, 6.07) is 0.905. The molecule has 2 fully saturated rings. The van der Waals surface area contributed by atoms with Crippen LogP contribution >= 0.6 is 0 Å². The van der Waals surface area contributed by atoms with E-state index in [9.17, 15) is 13.2 Å². The third-order valence-electron chi connectivity index (χ3n) is 4.51. The maximum absolute atomic E-state index is 12.8. The fraction of sp³-hybridized carbons (Fsp3) is 0.562. The van der Waals surface area contributed by atoms with Gasteiger partial charge in [-0.3, -0.25) is 4.90 Å². The summed E-state index contributed by atoms with van der Waals surface area (Å²) in [6.07, 6.45) is 1.59. The molecule has 24 heavy (non-hydrogen) atoms. The van der Waals surface area contributed by atoms with E-state index in [1.54, 1.807) is 6.20 Å². The molecule has 4 rings (SSSR count). The Morgan fingerprint density at radius 2 is 2.00 bits per heavy atom.